The Hall–Kier alpha value is -1.68. The summed E-state index contributed by atoms with van der Waals surface area (Å²) >= 11 is 3.33. The number of halogens is 2. The lowest BCUT2D eigenvalue weighted by Crippen LogP contribution is -2.08. The van der Waals surface area contributed by atoms with Gasteiger partial charge >= 0.3 is 5.97 Å². The topological polar surface area (TPSA) is 26.3 Å². The highest BCUT2D eigenvalue weighted by atomic mass is 79.9. The summed E-state index contributed by atoms with van der Waals surface area (Å²) in [6, 6.07) is 11.8. The smallest absolute Gasteiger partial charge is 0.341 e. The van der Waals surface area contributed by atoms with Gasteiger partial charge in [-0.15, -0.1) is 0 Å². The third-order valence-corrected chi connectivity index (χ3v) is 3.09. The van der Waals surface area contributed by atoms with Crippen molar-refractivity contribution in [2.24, 2.45) is 0 Å². The minimum absolute atomic E-state index is 0.0324. The monoisotopic (exact) mass is 322 g/mol. The molecule has 0 atom stereocenters. The molecule has 98 valence electrons. The van der Waals surface area contributed by atoms with E-state index in [-0.39, 0.29) is 12.2 Å². The first-order valence-electron chi connectivity index (χ1n) is 5.74. The maximum absolute atomic E-state index is 13.5. The Morgan fingerprint density at radius 1 is 1.26 bits per heavy atom. The number of carbonyl (C=O) groups is 1. The molecule has 19 heavy (non-hydrogen) atoms. The average molecular weight is 323 g/mol. The van der Waals surface area contributed by atoms with Crippen molar-refractivity contribution in [2.45, 2.75) is 13.5 Å². The van der Waals surface area contributed by atoms with Crippen molar-refractivity contribution in [3.05, 3.63) is 69.4 Å². The van der Waals surface area contributed by atoms with Crippen LogP contribution >= 0.6 is 15.9 Å². The molecule has 4 heteroatoms. The molecule has 0 amide bonds. The van der Waals surface area contributed by atoms with E-state index < -0.39 is 11.8 Å². The van der Waals surface area contributed by atoms with Crippen LogP contribution in [0.25, 0.3) is 0 Å². The Morgan fingerprint density at radius 3 is 2.79 bits per heavy atom. The molecule has 2 rings (SSSR count). The Labute approximate surface area is 119 Å². The van der Waals surface area contributed by atoms with Crippen molar-refractivity contribution < 1.29 is 13.9 Å². The standard InChI is InChI=1S/C15H12BrFO2/c1-10-5-6-14(17)13(7-10)15(18)19-9-11-3-2-4-12(16)8-11/h2-8H,9H2,1H3. The maximum Gasteiger partial charge on any atom is 0.341 e. The lowest BCUT2D eigenvalue weighted by molar-refractivity contribution is 0.0467. The fourth-order valence-electron chi connectivity index (χ4n) is 1.65. The fourth-order valence-corrected chi connectivity index (χ4v) is 2.10. The zero-order valence-corrected chi connectivity index (χ0v) is 11.9. The second kappa shape index (κ2) is 5.97. The van der Waals surface area contributed by atoms with Crippen molar-refractivity contribution in [1.29, 1.82) is 0 Å². The van der Waals surface area contributed by atoms with Crippen LogP contribution in [0.15, 0.2) is 46.9 Å². The summed E-state index contributed by atoms with van der Waals surface area (Å²) in [5, 5.41) is 0. The van der Waals surface area contributed by atoms with Crippen LogP contribution in [0.5, 0.6) is 0 Å². The van der Waals surface area contributed by atoms with Gasteiger partial charge in [0.2, 0.25) is 0 Å². The highest BCUT2D eigenvalue weighted by Gasteiger charge is 2.13. The quantitative estimate of drug-likeness (QED) is 0.789. The van der Waals surface area contributed by atoms with Crippen LogP contribution in [0.2, 0.25) is 0 Å². The summed E-state index contributed by atoms with van der Waals surface area (Å²) in [6.07, 6.45) is 0. The normalized spacial score (nSPS) is 10.3. The lowest BCUT2D eigenvalue weighted by atomic mass is 10.1. The van der Waals surface area contributed by atoms with Gasteiger partial charge in [0, 0.05) is 4.47 Å². The van der Waals surface area contributed by atoms with E-state index in [1.165, 1.54) is 12.1 Å². The first-order chi connectivity index (χ1) is 9.06. The molecule has 0 aliphatic carbocycles. The van der Waals surface area contributed by atoms with E-state index in [4.69, 9.17) is 4.74 Å². The molecule has 0 saturated heterocycles. The van der Waals surface area contributed by atoms with E-state index >= 15 is 0 Å². The zero-order valence-electron chi connectivity index (χ0n) is 10.3. The van der Waals surface area contributed by atoms with Crippen LogP contribution in [0.3, 0.4) is 0 Å². The summed E-state index contributed by atoms with van der Waals surface area (Å²) in [7, 11) is 0. The molecule has 0 fully saturated rings. The molecule has 0 aliphatic heterocycles. The maximum atomic E-state index is 13.5. The minimum Gasteiger partial charge on any atom is -0.457 e. The molecule has 0 N–H and O–H groups in total. The number of carbonyl (C=O) groups excluding carboxylic acids is 1. The summed E-state index contributed by atoms with van der Waals surface area (Å²) in [4.78, 5) is 11.8. The van der Waals surface area contributed by atoms with Gasteiger partial charge in [-0.3, -0.25) is 0 Å². The van der Waals surface area contributed by atoms with Crippen LogP contribution < -0.4 is 0 Å². The summed E-state index contributed by atoms with van der Waals surface area (Å²) in [6.45, 7) is 1.91. The molecule has 0 saturated carbocycles. The van der Waals surface area contributed by atoms with E-state index in [9.17, 15) is 9.18 Å². The molecule has 2 nitrogen and oxygen atoms in total. The van der Waals surface area contributed by atoms with Crippen molar-refractivity contribution in [2.75, 3.05) is 0 Å². The van der Waals surface area contributed by atoms with E-state index in [0.29, 0.717) is 0 Å². The predicted molar refractivity (Wildman–Crippen MR) is 74.4 cm³/mol. The van der Waals surface area contributed by atoms with Gasteiger partial charge in [0.1, 0.15) is 12.4 Å². The molecule has 0 unspecified atom stereocenters. The summed E-state index contributed by atoms with van der Waals surface area (Å²) < 4.78 is 19.5. The van der Waals surface area contributed by atoms with Crippen LogP contribution in [0.1, 0.15) is 21.5 Å². The molecule has 0 radical (unpaired) electrons. The van der Waals surface area contributed by atoms with Crippen molar-refractivity contribution in [1.82, 2.24) is 0 Å². The highest BCUT2D eigenvalue weighted by molar-refractivity contribution is 9.10. The molecule has 0 spiro atoms. The number of aryl methyl sites for hydroxylation is 1. The van der Waals surface area contributed by atoms with Crippen LogP contribution in [0, 0.1) is 12.7 Å². The van der Waals surface area contributed by atoms with Gasteiger partial charge in [-0.05, 0) is 36.8 Å². The molecule has 2 aromatic rings. The van der Waals surface area contributed by atoms with E-state index in [0.717, 1.165) is 15.6 Å². The first-order valence-corrected chi connectivity index (χ1v) is 6.53. The number of benzene rings is 2. The molecule has 0 heterocycles. The second-order valence-corrected chi connectivity index (χ2v) is 5.11. The largest absolute Gasteiger partial charge is 0.457 e. The van der Waals surface area contributed by atoms with Gasteiger partial charge in [0.25, 0.3) is 0 Å². The van der Waals surface area contributed by atoms with Gasteiger partial charge in [-0.1, -0.05) is 39.7 Å². The van der Waals surface area contributed by atoms with Crippen molar-refractivity contribution in [3.8, 4) is 0 Å². The first kappa shape index (κ1) is 13.7. The summed E-state index contributed by atoms with van der Waals surface area (Å²) in [5.41, 5.74) is 1.63. The molecule has 0 aromatic heterocycles. The molecular formula is C15H12BrFO2. The van der Waals surface area contributed by atoms with Gasteiger partial charge in [-0.25, -0.2) is 9.18 Å². The van der Waals surface area contributed by atoms with Crippen LogP contribution in [-0.4, -0.2) is 5.97 Å². The average Bonchev–Trinajstić information content (AvgIpc) is 2.39. The third-order valence-electron chi connectivity index (χ3n) is 2.60. The SMILES string of the molecule is Cc1ccc(F)c(C(=O)OCc2cccc(Br)c2)c1. The fraction of sp³-hybridized carbons (Fsp3) is 0.133. The van der Waals surface area contributed by atoms with Crippen molar-refractivity contribution >= 4 is 21.9 Å². The Kier molecular flexibility index (Phi) is 4.32. The van der Waals surface area contributed by atoms with E-state index in [1.807, 2.05) is 24.3 Å². The van der Waals surface area contributed by atoms with Gasteiger partial charge < -0.3 is 4.74 Å². The molecule has 0 bridgehead atoms. The van der Waals surface area contributed by atoms with E-state index in [1.54, 1.807) is 13.0 Å². The third kappa shape index (κ3) is 3.64. The Bertz CT molecular complexity index is 611. The van der Waals surface area contributed by atoms with Crippen LogP contribution in [0.4, 0.5) is 4.39 Å². The minimum atomic E-state index is -0.652. The number of ether oxygens (including phenoxy) is 1. The number of rotatable bonds is 3. The van der Waals surface area contributed by atoms with Crippen molar-refractivity contribution in [3.63, 3.8) is 0 Å². The molecule has 0 aliphatic rings. The predicted octanol–water partition coefficient (Wildman–Crippen LogP) is 4.25. The van der Waals surface area contributed by atoms with Gasteiger partial charge in [0.15, 0.2) is 0 Å². The Morgan fingerprint density at radius 2 is 2.05 bits per heavy atom. The molecule has 2 aromatic carbocycles. The number of hydrogen-bond acceptors (Lipinski definition) is 2. The summed E-state index contributed by atoms with van der Waals surface area (Å²) in [5.74, 6) is -1.22. The molecular weight excluding hydrogens is 311 g/mol. The zero-order chi connectivity index (χ0) is 13.8. The highest BCUT2D eigenvalue weighted by Crippen LogP contribution is 2.15. The number of esters is 1. The lowest BCUT2D eigenvalue weighted by Gasteiger charge is -2.07. The van der Waals surface area contributed by atoms with E-state index in [2.05, 4.69) is 15.9 Å². The van der Waals surface area contributed by atoms with Crippen LogP contribution in [-0.2, 0) is 11.3 Å². The van der Waals surface area contributed by atoms with Gasteiger partial charge in [-0.2, -0.15) is 0 Å². The Balaban J connectivity index is 2.07. The number of hydrogen-bond donors (Lipinski definition) is 0. The van der Waals surface area contributed by atoms with Gasteiger partial charge in [0.05, 0.1) is 5.56 Å². The second-order valence-electron chi connectivity index (χ2n) is 4.19.